The standard InChI is InChI=1S/C17H14ClNO3S/c18-13-6-8-14(9-7-13)19-16(20)11-23-15(17(21)22)10-12-4-2-1-3-5-12/h1-10H,11H2,(H,19,20)(H,21,22). The second-order valence-corrected chi connectivity index (χ2v) is 6.02. The molecule has 0 unspecified atom stereocenters. The molecule has 6 heteroatoms. The Hall–Kier alpha value is -2.24. The summed E-state index contributed by atoms with van der Waals surface area (Å²) in [6.45, 7) is 0. The van der Waals surface area contributed by atoms with Gasteiger partial charge in [-0.3, -0.25) is 4.79 Å². The number of amides is 1. The van der Waals surface area contributed by atoms with Crippen LogP contribution in [0.3, 0.4) is 0 Å². The maximum absolute atomic E-state index is 11.9. The monoisotopic (exact) mass is 347 g/mol. The largest absolute Gasteiger partial charge is 0.477 e. The lowest BCUT2D eigenvalue weighted by atomic mass is 10.2. The summed E-state index contributed by atoms with van der Waals surface area (Å²) in [6, 6.07) is 15.8. The number of halogens is 1. The van der Waals surface area contributed by atoms with E-state index in [1.54, 1.807) is 42.5 Å². The van der Waals surface area contributed by atoms with Gasteiger partial charge in [-0.05, 0) is 35.9 Å². The van der Waals surface area contributed by atoms with Crippen molar-refractivity contribution in [2.24, 2.45) is 0 Å². The summed E-state index contributed by atoms with van der Waals surface area (Å²) in [5, 5.41) is 12.5. The number of aliphatic carboxylic acids is 1. The molecule has 0 atom stereocenters. The minimum Gasteiger partial charge on any atom is -0.477 e. The van der Waals surface area contributed by atoms with Crippen molar-refractivity contribution in [2.45, 2.75) is 0 Å². The Morgan fingerprint density at radius 2 is 1.74 bits per heavy atom. The molecule has 0 aromatic heterocycles. The van der Waals surface area contributed by atoms with Crippen LogP contribution >= 0.6 is 23.4 Å². The number of nitrogens with one attached hydrogen (secondary N) is 1. The Labute approximate surface area is 143 Å². The van der Waals surface area contributed by atoms with Crippen molar-refractivity contribution >= 4 is 47.0 Å². The summed E-state index contributed by atoms with van der Waals surface area (Å²) in [6.07, 6.45) is 1.54. The lowest BCUT2D eigenvalue weighted by Crippen LogP contribution is -2.14. The van der Waals surface area contributed by atoms with Crippen LogP contribution in [0.25, 0.3) is 6.08 Å². The number of benzene rings is 2. The molecule has 2 aromatic carbocycles. The number of carbonyl (C=O) groups is 2. The average molecular weight is 348 g/mol. The predicted molar refractivity (Wildman–Crippen MR) is 94.6 cm³/mol. The van der Waals surface area contributed by atoms with Gasteiger partial charge in [0.2, 0.25) is 5.91 Å². The first-order valence-electron chi connectivity index (χ1n) is 6.73. The van der Waals surface area contributed by atoms with E-state index in [4.69, 9.17) is 11.6 Å². The SMILES string of the molecule is O=C(CSC(=Cc1ccccc1)C(=O)O)Nc1ccc(Cl)cc1. The van der Waals surface area contributed by atoms with Gasteiger partial charge in [0.15, 0.2) is 0 Å². The Bertz CT molecular complexity index is 714. The van der Waals surface area contributed by atoms with E-state index in [0.29, 0.717) is 10.7 Å². The third-order valence-corrected chi connectivity index (χ3v) is 4.06. The van der Waals surface area contributed by atoms with Gasteiger partial charge in [-0.1, -0.05) is 41.9 Å². The fourth-order valence-electron chi connectivity index (χ4n) is 1.74. The molecule has 23 heavy (non-hydrogen) atoms. The molecule has 118 valence electrons. The molecule has 0 aliphatic rings. The molecule has 0 bridgehead atoms. The first-order chi connectivity index (χ1) is 11.0. The molecule has 0 spiro atoms. The number of hydrogen-bond donors (Lipinski definition) is 2. The summed E-state index contributed by atoms with van der Waals surface area (Å²) >= 11 is 6.75. The minimum absolute atomic E-state index is 0.00753. The zero-order valence-corrected chi connectivity index (χ0v) is 13.6. The molecule has 2 N–H and O–H groups in total. The summed E-state index contributed by atoms with van der Waals surface area (Å²) in [7, 11) is 0. The molecule has 2 aromatic rings. The molecule has 4 nitrogen and oxygen atoms in total. The van der Waals surface area contributed by atoms with Crippen molar-refractivity contribution in [3.8, 4) is 0 Å². The normalized spacial score (nSPS) is 11.1. The van der Waals surface area contributed by atoms with Crippen LogP contribution < -0.4 is 5.32 Å². The van der Waals surface area contributed by atoms with Gasteiger partial charge in [0, 0.05) is 10.7 Å². The maximum Gasteiger partial charge on any atom is 0.342 e. The minimum atomic E-state index is -1.06. The van der Waals surface area contributed by atoms with Crippen LogP contribution in [0.5, 0.6) is 0 Å². The van der Waals surface area contributed by atoms with Crippen LogP contribution in [0.15, 0.2) is 59.5 Å². The van der Waals surface area contributed by atoms with E-state index in [2.05, 4.69) is 5.32 Å². The summed E-state index contributed by atoms with van der Waals surface area (Å²) in [4.78, 5) is 23.3. The summed E-state index contributed by atoms with van der Waals surface area (Å²) in [5.74, 6) is -1.33. The van der Waals surface area contributed by atoms with Crippen molar-refractivity contribution in [3.63, 3.8) is 0 Å². The van der Waals surface area contributed by atoms with Gasteiger partial charge < -0.3 is 10.4 Å². The number of rotatable bonds is 6. The summed E-state index contributed by atoms with van der Waals surface area (Å²) < 4.78 is 0. The molecule has 0 fully saturated rings. The fourth-order valence-corrected chi connectivity index (χ4v) is 2.57. The number of carbonyl (C=O) groups excluding carboxylic acids is 1. The van der Waals surface area contributed by atoms with Crippen LogP contribution in [0.2, 0.25) is 5.02 Å². The molecule has 0 saturated carbocycles. The molecule has 0 aliphatic heterocycles. The van der Waals surface area contributed by atoms with Crippen LogP contribution in [0.4, 0.5) is 5.69 Å². The maximum atomic E-state index is 11.9. The van der Waals surface area contributed by atoms with Gasteiger partial charge in [-0.15, -0.1) is 11.8 Å². The van der Waals surface area contributed by atoms with E-state index in [1.807, 2.05) is 18.2 Å². The third kappa shape index (κ3) is 5.81. The Morgan fingerprint density at radius 1 is 1.09 bits per heavy atom. The molecule has 0 aliphatic carbocycles. The van der Waals surface area contributed by atoms with Gasteiger partial charge in [-0.2, -0.15) is 0 Å². The van der Waals surface area contributed by atoms with Crippen LogP contribution in [-0.2, 0) is 9.59 Å². The zero-order chi connectivity index (χ0) is 16.7. The molecule has 0 heterocycles. The van der Waals surface area contributed by atoms with E-state index in [9.17, 15) is 14.7 Å². The Kier molecular flexibility index (Phi) is 6.26. The summed E-state index contributed by atoms with van der Waals surface area (Å²) in [5.41, 5.74) is 1.39. The van der Waals surface area contributed by atoms with Crippen LogP contribution in [0, 0.1) is 0 Å². The number of carboxylic acids is 1. The second kappa shape index (κ2) is 8.41. The van der Waals surface area contributed by atoms with Crippen LogP contribution in [-0.4, -0.2) is 22.7 Å². The van der Waals surface area contributed by atoms with Crippen molar-refractivity contribution in [1.29, 1.82) is 0 Å². The van der Waals surface area contributed by atoms with Gasteiger partial charge in [0.1, 0.15) is 0 Å². The number of carboxylic acid groups (broad SMARTS) is 1. The topological polar surface area (TPSA) is 66.4 Å². The highest BCUT2D eigenvalue weighted by Crippen LogP contribution is 2.20. The van der Waals surface area contributed by atoms with E-state index in [1.165, 1.54) is 0 Å². The van der Waals surface area contributed by atoms with Crippen molar-refractivity contribution in [2.75, 3.05) is 11.1 Å². The zero-order valence-electron chi connectivity index (χ0n) is 12.0. The van der Waals surface area contributed by atoms with E-state index < -0.39 is 5.97 Å². The van der Waals surface area contributed by atoms with Gasteiger partial charge in [0.25, 0.3) is 0 Å². The molecule has 1 amide bonds. The highest BCUT2D eigenvalue weighted by atomic mass is 35.5. The van der Waals surface area contributed by atoms with Gasteiger partial charge >= 0.3 is 5.97 Å². The lowest BCUT2D eigenvalue weighted by molar-refractivity contribution is -0.131. The Balaban J connectivity index is 1.96. The quantitative estimate of drug-likeness (QED) is 0.771. The molecular weight excluding hydrogens is 334 g/mol. The first-order valence-corrected chi connectivity index (χ1v) is 8.09. The van der Waals surface area contributed by atoms with Crippen molar-refractivity contribution < 1.29 is 14.7 Å². The first kappa shape index (κ1) is 17.1. The average Bonchev–Trinajstić information content (AvgIpc) is 2.54. The third-order valence-electron chi connectivity index (χ3n) is 2.79. The second-order valence-electron chi connectivity index (χ2n) is 4.57. The molecule has 0 radical (unpaired) electrons. The van der Waals surface area contributed by atoms with E-state index in [-0.39, 0.29) is 16.6 Å². The molecule has 2 rings (SSSR count). The van der Waals surface area contributed by atoms with Gasteiger partial charge in [-0.25, -0.2) is 4.79 Å². The van der Waals surface area contributed by atoms with Crippen molar-refractivity contribution in [3.05, 3.63) is 70.1 Å². The van der Waals surface area contributed by atoms with E-state index in [0.717, 1.165) is 17.3 Å². The molecule has 0 saturated heterocycles. The fraction of sp³-hybridized carbons (Fsp3) is 0.0588. The highest BCUT2D eigenvalue weighted by Gasteiger charge is 2.11. The number of anilines is 1. The smallest absolute Gasteiger partial charge is 0.342 e. The van der Waals surface area contributed by atoms with Crippen molar-refractivity contribution in [1.82, 2.24) is 0 Å². The number of thioether (sulfide) groups is 1. The predicted octanol–water partition coefficient (Wildman–Crippen LogP) is 4.14. The van der Waals surface area contributed by atoms with Gasteiger partial charge in [0.05, 0.1) is 10.7 Å². The van der Waals surface area contributed by atoms with E-state index >= 15 is 0 Å². The lowest BCUT2D eigenvalue weighted by Gasteiger charge is -2.06. The highest BCUT2D eigenvalue weighted by molar-refractivity contribution is 8.04. The Morgan fingerprint density at radius 3 is 2.35 bits per heavy atom. The van der Waals surface area contributed by atoms with Crippen LogP contribution in [0.1, 0.15) is 5.56 Å². The number of hydrogen-bond acceptors (Lipinski definition) is 3. The molecular formula is C17H14ClNO3S.